The van der Waals surface area contributed by atoms with Crippen LogP contribution in [0.5, 0.6) is 0 Å². The molecule has 0 bridgehead atoms. The van der Waals surface area contributed by atoms with Crippen molar-refractivity contribution in [2.75, 3.05) is 25.6 Å². The standard InChI is InChI=1S/C30H39NO3/c1-29-19-26(20-6-9-22(10-7-20)31(2)3)28-24-13-11-23(33)18-21(24)8-12-25(28)27(29)14-16-30(29,34)15-4-5-17-32/h4,6-7,9-10,15,18,25-27,32,34H,5,8,11-14,16-17,19H2,1-3H3/b15-4-/t25-,26+,27-,29-,30-/m0/s1. The summed E-state index contributed by atoms with van der Waals surface area (Å²) >= 11 is 0. The van der Waals surface area contributed by atoms with Crippen LogP contribution in [0.3, 0.4) is 0 Å². The smallest absolute Gasteiger partial charge is 0.156 e. The molecule has 1 aromatic carbocycles. The first-order valence-corrected chi connectivity index (χ1v) is 13.0. The number of nitrogens with zero attached hydrogens (tertiary/aromatic N) is 1. The molecule has 0 spiro atoms. The molecular formula is C30H39NO3. The Kier molecular flexibility index (Phi) is 6.10. The summed E-state index contributed by atoms with van der Waals surface area (Å²) in [7, 11) is 4.13. The summed E-state index contributed by atoms with van der Waals surface area (Å²) in [5.41, 5.74) is 5.74. The number of aliphatic hydroxyl groups is 2. The number of fused-ring (bicyclic) bond motifs is 4. The fraction of sp³-hybridized carbons (Fsp3) is 0.567. The number of carbonyl (C=O) groups excluding carboxylic acids is 1. The Morgan fingerprint density at radius 2 is 1.88 bits per heavy atom. The van der Waals surface area contributed by atoms with Gasteiger partial charge in [0.1, 0.15) is 0 Å². The lowest BCUT2D eigenvalue weighted by Crippen LogP contribution is -2.50. The minimum atomic E-state index is -0.844. The van der Waals surface area contributed by atoms with Crippen molar-refractivity contribution in [1.29, 1.82) is 0 Å². The van der Waals surface area contributed by atoms with E-state index in [4.69, 9.17) is 0 Å². The van der Waals surface area contributed by atoms with Crippen molar-refractivity contribution < 1.29 is 15.0 Å². The zero-order valence-electron chi connectivity index (χ0n) is 20.9. The van der Waals surface area contributed by atoms with Crippen molar-refractivity contribution in [3.8, 4) is 0 Å². The molecule has 34 heavy (non-hydrogen) atoms. The summed E-state index contributed by atoms with van der Waals surface area (Å²) in [6, 6.07) is 8.96. The topological polar surface area (TPSA) is 60.8 Å². The molecule has 2 fully saturated rings. The van der Waals surface area contributed by atoms with E-state index < -0.39 is 5.60 Å². The molecule has 4 aliphatic rings. The Hall–Kier alpha value is -2.17. The minimum absolute atomic E-state index is 0.111. The maximum Gasteiger partial charge on any atom is 0.156 e. The predicted octanol–water partition coefficient (Wildman–Crippen LogP) is 5.32. The van der Waals surface area contributed by atoms with Crippen molar-refractivity contribution >= 4 is 11.5 Å². The van der Waals surface area contributed by atoms with Crippen LogP contribution in [0.15, 0.2) is 59.2 Å². The Bertz CT molecular complexity index is 1050. The highest BCUT2D eigenvalue weighted by molar-refractivity contribution is 5.93. The number of benzene rings is 1. The summed E-state index contributed by atoms with van der Waals surface area (Å²) in [5.74, 6) is 1.42. The van der Waals surface area contributed by atoms with Crippen LogP contribution < -0.4 is 4.90 Å². The average Bonchev–Trinajstić information content (AvgIpc) is 3.09. The van der Waals surface area contributed by atoms with Gasteiger partial charge in [-0.05, 0) is 91.7 Å². The molecule has 0 saturated heterocycles. The molecule has 4 aliphatic carbocycles. The highest BCUT2D eigenvalue weighted by atomic mass is 16.3. The second-order valence-corrected chi connectivity index (χ2v) is 11.4. The van der Waals surface area contributed by atoms with Gasteiger partial charge in [0.15, 0.2) is 5.78 Å². The van der Waals surface area contributed by atoms with Gasteiger partial charge in [0.25, 0.3) is 0 Å². The Balaban J connectivity index is 1.62. The van der Waals surface area contributed by atoms with E-state index in [1.165, 1.54) is 22.4 Å². The third kappa shape index (κ3) is 3.70. The lowest BCUT2D eigenvalue weighted by molar-refractivity contribution is -0.114. The van der Waals surface area contributed by atoms with Crippen molar-refractivity contribution in [1.82, 2.24) is 0 Å². The maximum absolute atomic E-state index is 12.2. The van der Waals surface area contributed by atoms with Gasteiger partial charge in [0, 0.05) is 44.1 Å². The molecule has 0 unspecified atom stereocenters. The molecule has 5 atom stereocenters. The van der Waals surface area contributed by atoms with Crippen molar-refractivity contribution in [3.05, 3.63) is 64.8 Å². The van der Waals surface area contributed by atoms with Gasteiger partial charge in [-0.2, -0.15) is 0 Å². The number of ketones is 1. The molecular weight excluding hydrogens is 422 g/mol. The van der Waals surface area contributed by atoms with E-state index in [1.807, 2.05) is 18.2 Å². The highest BCUT2D eigenvalue weighted by Gasteiger charge is 2.61. The number of allylic oxidation sites excluding steroid dienone is 4. The zero-order chi connectivity index (χ0) is 24.1. The van der Waals surface area contributed by atoms with Gasteiger partial charge >= 0.3 is 0 Å². The summed E-state index contributed by atoms with van der Waals surface area (Å²) in [6.07, 6.45) is 12.7. The fourth-order valence-electron chi connectivity index (χ4n) is 7.63. The summed E-state index contributed by atoms with van der Waals surface area (Å²) in [4.78, 5) is 14.3. The number of carbonyl (C=O) groups is 1. The summed E-state index contributed by atoms with van der Waals surface area (Å²) in [5, 5.41) is 21.2. The van der Waals surface area contributed by atoms with Crippen LogP contribution in [0, 0.1) is 17.3 Å². The SMILES string of the molecule is CN(C)c1ccc([C@H]2C[C@@]3(C)[C@@H](CC[C@@]3(O)/C=C\CCO)[C@@H]3CCC4=CC(=O)CCC4=C32)cc1. The van der Waals surface area contributed by atoms with Crippen LogP contribution in [0.4, 0.5) is 5.69 Å². The van der Waals surface area contributed by atoms with E-state index >= 15 is 0 Å². The van der Waals surface area contributed by atoms with Gasteiger partial charge in [0.2, 0.25) is 0 Å². The van der Waals surface area contributed by atoms with E-state index in [9.17, 15) is 15.0 Å². The zero-order valence-corrected chi connectivity index (χ0v) is 20.9. The van der Waals surface area contributed by atoms with Crippen LogP contribution >= 0.6 is 0 Å². The number of hydrogen-bond donors (Lipinski definition) is 2. The second kappa shape index (κ2) is 8.80. The number of rotatable bonds is 5. The van der Waals surface area contributed by atoms with E-state index in [0.717, 1.165) is 38.5 Å². The first kappa shape index (κ1) is 23.6. The van der Waals surface area contributed by atoms with E-state index in [1.54, 1.807) is 5.57 Å². The van der Waals surface area contributed by atoms with Gasteiger partial charge in [0.05, 0.1) is 5.60 Å². The first-order chi connectivity index (χ1) is 16.3. The quantitative estimate of drug-likeness (QED) is 0.583. The van der Waals surface area contributed by atoms with Crippen molar-refractivity contribution in [2.24, 2.45) is 17.3 Å². The third-order valence-corrected chi connectivity index (χ3v) is 9.45. The molecule has 0 radical (unpaired) electrons. The fourth-order valence-corrected chi connectivity index (χ4v) is 7.63. The first-order valence-electron chi connectivity index (χ1n) is 13.0. The van der Waals surface area contributed by atoms with Crippen LogP contribution in [0.25, 0.3) is 0 Å². The lowest BCUT2D eigenvalue weighted by Gasteiger charge is -2.54. The van der Waals surface area contributed by atoms with Crippen molar-refractivity contribution in [2.45, 2.75) is 69.8 Å². The van der Waals surface area contributed by atoms with E-state index in [2.05, 4.69) is 50.2 Å². The largest absolute Gasteiger partial charge is 0.396 e. The van der Waals surface area contributed by atoms with Crippen LogP contribution in [0.2, 0.25) is 0 Å². The van der Waals surface area contributed by atoms with Crippen LogP contribution in [-0.2, 0) is 4.79 Å². The minimum Gasteiger partial charge on any atom is -0.396 e. The monoisotopic (exact) mass is 461 g/mol. The van der Waals surface area contributed by atoms with Crippen molar-refractivity contribution in [3.63, 3.8) is 0 Å². The van der Waals surface area contributed by atoms with E-state index in [-0.39, 0.29) is 23.7 Å². The lowest BCUT2D eigenvalue weighted by atomic mass is 9.51. The van der Waals surface area contributed by atoms with Gasteiger partial charge in [-0.25, -0.2) is 0 Å². The summed E-state index contributed by atoms with van der Waals surface area (Å²) < 4.78 is 0. The molecule has 4 nitrogen and oxygen atoms in total. The molecule has 0 aromatic heterocycles. The Morgan fingerprint density at radius 1 is 1.12 bits per heavy atom. The number of hydrogen-bond acceptors (Lipinski definition) is 4. The number of anilines is 1. The van der Waals surface area contributed by atoms with E-state index in [0.29, 0.717) is 24.7 Å². The van der Waals surface area contributed by atoms with Crippen LogP contribution in [0.1, 0.15) is 69.8 Å². The Labute approximate surface area is 204 Å². The number of aliphatic hydroxyl groups excluding tert-OH is 1. The normalized spacial score (nSPS) is 35.1. The van der Waals surface area contributed by atoms with Gasteiger partial charge in [-0.3, -0.25) is 4.79 Å². The molecule has 0 heterocycles. The molecule has 1 aromatic rings. The third-order valence-electron chi connectivity index (χ3n) is 9.45. The molecule has 5 rings (SSSR count). The van der Waals surface area contributed by atoms with Gasteiger partial charge in [-0.15, -0.1) is 0 Å². The average molecular weight is 462 g/mol. The molecule has 2 N–H and O–H groups in total. The van der Waals surface area contributed by atoms with Crippen LogP contribution in [-0.4, -0.2) is 42.3 Å². The maximum atomic E-state index is 12.2. The molecule has 2 saturated carbocycles. The second-order valence-electron chi connectivity index (χ2n) is 11.4. The van der Waals surface area contributed by atoms with Gasteiger partial charge < -0.3 is 15.1 Å². The molecule has 0 amide bonds. The molecule has 182 valence electrons. The Morgan fingerprint density at radius 3 is 2.59 bits per heavy atom. The molecule has 4 heteroatoms. The summed E-state index contributed by atoms with van der Waals surface area (Å²) in [6.45, 7) is 2.42. The van der Waals surface area contributed by atoms with Gasteiger partial charge in [-0.1, -0.05) is 36.8 Å². The molecule has 0 aliphatic heterocycles. The highest BCUT2D eigenvalue weighted by Crippen LogP contribution is 2.67. The predicted molar refractivity (Wildman–Crippen MR) is 137 cm³/mol.